The van der Waals surface area contributed by atoms with E-state index in [2.05, 4.69) is 20.6 Å². The molecule has 0 aliphatic rings. The third-order valence-corrected chi connectivity index (χ3v) is 5.36. The van der Waals surface area contributed by atoms with Gasteiger partial charge in [0.05, 0.1) is 44.8 Å². The van der Waals surface area contributed by atoms with Gasteiger partial charge in [-0.1, -0.05) is 0 Å². The molecule has 40 heavy (non-hydrogen) atoms. The number of ether oxygens (including phenoxy) is 5. The van der Waals surface area contributed by atoms with E-state index in [9.17, 15) is 14.4 Å². The molecule has 212 valence electrons. The largest absolute Gasteiger partial charge is 0.495 e. The normalized spacial score (nSPS) is 10.9. The summed E-state index contributed by atoms with van der Waals surface area (Å²) in [4.78, 5) is 45.7. The number of carbonyl (C=O) groups is 3. The molecule has 12 nitrogen and oxygen atoms in total. The van der Waals surface area contributed by atoms with Gasteiger partial charge in [-0.3, -0.25) is 0 Å². The molecule has 0 saturated carbocycles. The van der Waals surface area contributed by atoms with Crippen molar-refractivity contribution in [1.29, 1.82) is 0 Å². The smallest absolute Gasteiger partial charge is 0.343 e. The predicted molar refractivity (Wildman–Crippen MR) is 147 cm³/mol. The summed E-state index contributed by atoms with van der Waals surface area (Å²) < 4.78 is 25.9. The van der Waals surface area contributed by atoms with Crippen molar-refractivity contribution in [3.8, 4) is 5.75 Å². The van der Waals surface area contributed by atoms with Crippen LogP contribution in [0, 0.1) is 0 Å². The summed E-state index contributed by atoms with van der Waals surface area (Å²) in [5, 5.41) is 6.15. The maximum Gasteiger partial charge on any atom is 0.343 e. The molecule has 1 heterocycles. The Bertz CT molecular complexity index is 1400. The minimum Gasteiger partial charge on any atom is -0.495 e. The zero-order valence-corrected chi connectivity index (χ0v) is 23.4. The van der Waals surface area contributed by atoms with Gasteiger partial charge in [0.2, 0.25) is 5.95 Å². The standard InChI is InChI=1S/C28H32N4O8/c1-28(2,3)40-25(34)17-9-11-21(22(13-17)37-5)30-23-19(26(35)39-7)14-29-27(32-23)31-20-10-8-16(24(33)38-6)12-18(20)15-36-4/h8-14H,15H2,1-7H3,(H2,29,30,31,32). The maximum atomic E-state index is 12.5. The number of nitrogens with zero attached hydrogens (tertiary/aromatic N) is 2. The average Bonchev–Trinajstić information content (AvgIpc) is 2.92. The van der Waals surface area contributed by atoms with E-state index in [0.29, 0.717) is 28.3 Å². The van der Waals surface area contributed by atoms with Crippen molar-refractivity contribution < 1.29 is 38.1 Å². The summed E-state index contributed by atoms with van der Waals surface area (Å²) in [7, 11) is 5.52. The second kappa shape index (κ2) is 12.9. The van der Waals surface area contributed by atoms with Gasteiger partial charge >= 0.3 is 17.9 Å². The van der Waals surface area contributed by atoms with Crippen LogP contribution in [0.15, 0.2) is 42.6 Å². The van der Waals surface area contributed by atoms with E-state index < -0.39 is 23.5 Å². The molecule has 0 radical (unpaired) electrons. The Morgan fingerprint density at radius 3 is 2.08 bits per heavy atom. The fourth-order valence-corrected chi connectivity index (χ4v) is 3.54. The van der Waals surface area contributed by atoms with Gasteiger partial charge in [-0.05, 0) is 57.2 Å². The van der Waals surface area contributed by atoms with Crippen molar-refractivity contribution in [2.75, 3.05) is 39.1 Å². The number of methoxy groups -OCH3 is 4. The summed E-state index contributed by atoms with van der Waals surface area (Å²) in [5.74, 6) is -1.09. The average molecular weight is 553 g/mol. The first-order valence-corrected chi connectivity index (χ1v) is 12.1. The lowest BCUT2D eigenvalue weighted by Crippen LogP contribution is -2.23. The number of nitrogens with one attached hydrogen (secondary N) is 2. The highest BCUT2D eigenvalue weighted by Gasteiger charge is 2.21. The molecular weight excluding hydrogens is 520 g/mol. The van der Waals surface area contributed by atoms with Crippen molar-refractivity contribution in [1.82, 2.24) is 9.97 Å². The van der Waals surface area contributed by atoms with Gasteiger partial charge in [0.25, 0.3) is 0 Å². The van der Waals surface area contributed by atoms with Crippen LogP contribution in [0.5, 0.6) is 5.75 Å². The van der Waals surface area contributed by atoms with E-state index in [1.54, 1.807) is 51.1 Å². The number of hydrogen-bond donors (Lipinski definition) is 2. The molecule has 3 rings (SSSR count). The topological polar surface area (TPSA) is 147 Å². The third kappa shape index (κ3) is 7.44. The van der Waals surface area contributed by atoms with Crippen LogP contribution in [-0.2, 0) is 25.6 Å². The number of rotatable bonds is 10. The molecule has 2 N–H and O–H groups in total. The van der Waals surface area contributed by atoms with E-state index in [0.717, 1.165) is 0 Å². The highest BCUT2D eigenvalue weighted by atomic mass is 16.6. The molecule has 0 amide bonds. The van der Waals surface area contributed by atoms with Gasteiger partial charge in [-0.15, -0.1) is 0 Å². The second-order valence-corrected chi connectivity index (χ2v) is 9.41. The highest BCUT2D eigenvalue weighted by molar-refractivity contribution is 5.96. The van der Waals surface area contributed by atoms with Gasteiger partial charge in [0, 0.05) is 24.6 Å². The van der Waals surface area contributed by atoms with Gasteiger partial charge in [0.1, 0.15) is 16.9 Å². The van der Waals surface area contributed by atoms with Crippen LogP contribution in [0.2, 0.25) is 0 Å². The van der Waals surface area contributed by atoms with Crippen molar-refractivity contribution in [2.24, 2.45) is 0 Å². The quantitative estimate of drug-likeness (QED) is 0.266. The van der Waals surface area contributed by atoms with Crippen LogP contribution in [0.4, 0.5) is 23.1 Å². The monoisotopic (exact) mass is 552 g/mol. The Kier molecular flexibility index (Phi) is 9.62. The van der Waals surface area contributed by atoms with Crippen LogP contribution in [-0.4, -0.2) is 61.9 Å². The first kappa shape index (κ1) is 29.8. The van der Waals surface area contributed by atoms with Gasteiger partial charge in [-0.2, -0.15) is 4.98 Å². The number of anilines is 4. The van der Waals surface area contributed by atoms with Crippen LogP contribution >= 0.6 is 0 Å². The van der Waals surface area contributed by atoms with Crippen molar-refractivity contribution in [2.45, 2.75) is 33.0 Å². The molecular formula is C28H32N4O8. The van der Waals surface area contributed by atoms with E-state index >= 15 is 0 Å². The molecule has 0 aliphatic carbocycles. The van der Waals surface area contributed by atoms with Crippen LogP contribution in [0.3, 0.4) is 0 Å². The Balaban J connectivity index is 1.98. The Labute approximate surface area is 232 Å². The molecule has 3 aromatic rings. The van der Waals surface area contributed by atoms with Crippen molar-refractivity contribution in [3.63, 3.8) is 0 Å². The van der Waals surface area contributed by atoms with E-state index in [1.807, 2.05) is 0 Å². The van der Waals surface area contributed by atoms with Crippen LogP contribution in [0.1, 0.15) is 57.4 Å². The molecule has 1 aromatic heterocycles. The molecule has 0 unspecified atom stereocenters. The summed E-state index contributed by atoms with van der Waals surface area (Å²) >= 11 is 0. The fourth-order valence-electron chi connectivity index (χ4n) is 3.54. The Morgan fingerprint density at radius 2 is 1.48 bits per heavy atom. The van der Waals surface area contributed by atoms with Gasteiger partial charge in [-0.25, -0.2) is 19.4 Å². The lowest BCUT2D eigenvalue weighted by atomic mass is 10.1. The third-order valence-electron chi connectivity index (χ3n) is 5.36. The lowest BCUT2D eigenvalue weighted by molar-refractivity contribution is 0.00688. The van der Waals surface area contributed by atoms with Gasteiger partial charge in [0.15, 0.2) is 5.82 Å². The van der Waals surface area contributed by atoms with E-state index in [-0.39, 0.29) is 29.5 Å². The van der Waals surface area contributed by atoms with E-state index in [4.69, 9.17) is 23.7 Å². The fraction of sp³-hybridized carbons (Fsp3) is 0.321. The molecule has 0 bridgehead atoms. The first-order valence-electron chi connectivity index (χ1n) is 12.1. The molecule has 2 aromatic carbocycles. The maximum absolute atomic E-state index is 12.5. The summed E-state index contributed by atoms with van der Waals surface area (Å²) in [6, 6.07) is 9.59. The molecule has 0 aliphatic heterocycles. The lowest BCUT2D eigenvalue weighted by Gasteiger charge is -2.20. The highest BCUT2D eigenvalue weighted by Crippen LogP contribution is 2.31. The number of hydrogen-bond acceptors (Lipinski definition) is 12. The second-order valence-electron chi connectivity index (χ2n) is 9.41. The van der Waals surface area contributed by atoms with Crippen molar-refractivity contribution in [3.05, 3.63) is 64.8 Å². The molecule has 12 heteroatoms. The summed E-state index contributed by atoms with van der Waals surface area (Å²) in [6.07, 6.45) is 1.31. The van der Waals surface area contributed by atoms with Gasteiger partial charge < -0.3 is 34.3 Å². The zero-order valence-electron chi connectivity index (χ0n) is 23.4. The molecule has 0 spiro atoms. The number of carbonyl (C=O) groups excluding carboxylic acids is 3. The SMILES string of the molecule is COCc1cc(C(=O)OC)ccc1Nc1ncc(C(=O)OC)c(Nc2ccc(C(=O)OC(C)(C)C)cc2OC)n1. The predicted octanol–water partition coefficient (Wildman–Crippen LogP) is 4.65. The minimum absolute atomic E-state index is 0.0597. The number of esters is 3. The van der Waals surface area contributed by atoms with Crippen molar-refractivity contribution >= 4 is 41.0 Å². The zero-order chi connectivity index (χ0) is 29.4. The summed E-state index contributed by atoms with van der Waals surface area (Å²) in [6.45, 7) is 5.52. The Hall–Kier alpha value is -4.71. The summed E-state index contributed by atoms with van der Waals surface area (Å²) in [5.41, 5.74) is 1.69. The van der Waals surface area contributed by atoms with Crippen LogP contribution < -0.4 is 15.4 Å². The Morgan fingerprint density at radius 1 is 0.825 bits per heavy atom. The minimum atomic E-state index is -0.666. The van der Waals surface area contributed by atoms with Crippen LogP contribution in [0.25, 0.3) is 0 Å². The number of benzene rings is 2. The number of aromatic nitrogens is 2. The first-order chi connectivity index (χ1) is 19.0. The molecule has 0 atom stereocenters. The van der Waals surface area contributed by atoms with E-state index in [1.165, 1.54) is 40.7 Å². The molecule has 0 saturated heterocycles. The molecule has 0 fully saturated rings.